The number of hydrogen-bond donors (Lipinski definition) is 0. The molecule has 0 spiro atoms. The number of halogens is 2. The van der Waals surface area contributed by atoms with Crippen LogP contribution in [0.4, 0.5) is 4.79 Å². The number of ketones is 1. The number of amides is 1. The summed E-state index contributed by atoms with van der Waals surface area (Å²) >= 11 is 12.1. The Morgan fingerprint density at radius 1 is 1.21 bits per heavy atom. The van der Waals surface area contributed by atoms with Gasteiger partial charge in [0.15, 0.2) is 10.1 Å². The predicted octanol–water partition coefficient (Wildman–Crippen LogP) is 4.19. The van der Waals surface area contributed by atoms with Crippen molar-refractivity contribution in [3.8, 4) is 0 Å². The Morgan fingerprint density at radius 3 is 2.46 bits per heavy atom. The lowest BCUT2D eigenvalue weighted by molar-refractivity contribution is -0.128. The van der Waals surface area contributed by atoms with E-state index in [1.165, 1.54) is 0 Å². The van der Waals surface area contributed by atoms with E-state index in [0.717, 1.165) is 24.8 Å². The molecule has 1 aromatic rings. The number of nitrogens with zero attached hydrogens (tertiary/aromatic N) is 1. The van der Waals surface area contributed by atoms with Gasteiger partial charge in [0.2, 0.25) is 0 Å². The van der Waals surface area contributed by atoms with Gasteiger partial charge in [-0.1, -0.05) is 53.5 Å². The average Bonchev–Trinajstić information content (AvgIpc) is 2.61. The van der Waals surface area contributed by atoms with Crippen LogP contribution >= 0.6 is 23.2 Å². The average molecular weight is 370 g/mol. The Labute approximate surface area is 152 Å². The van der Waals surface area contributed by atoms with Crippen molar-refractivity contribution in [2.24, 2.45) is 11.8 Å². The number of alkyl halides is 2. The second-order valence-corrected chi connectivity index (χ2v) is 8.04. The Morgan fingerprint density at radius 2 is 1.88 bits per heavy atom. The zero-order valence-electron chi connectivity index (χ0n) is 13.4. The summed E-state index contributed by atoms with van der Waals surface area (Å²) in [6.45, 7) is 1.65. The fraction of sp³-hybridized carbons (Fsp3) is 0.556. The Balaban J connectivity index is 1.40. The second-order valence-electron chi connectivity index (χ2n) is 6.65. The molecule has 24 heavy (non-hydrogen) atoms. The zero-order chi connectivity index (χ0) is 17.2. The zero-order valence-corrected chi connectivity index (χ0v) is 14.9. The minimum Gasteiger partial charge on any atom is -0.445 e. The molecule has 1 saturated carbocycles. The van der Waals surface area contributed by atoms with Crippen LogP contribution in [0, 0.1) is 11.8 Å². The van der Waals surface area contributed by atoms with Crippen LogP contribution in [0.5, 0.6) is 0 Å². The number of likely N-dealkylation sites (tertiary alicyclic amines) is 1. The van der Waals surface area contributed by atoms with Gasteiger partial charge >= 0.3 is 6.09 Å². The van der Waals surface area contributed by atoms with Crippen molar-refractivity contribution in [3.63, 3.8) is 0 Å². The summed E-state index contributed by atoms with van der Waals surface area (Å²) in [5, 5.41) is 0. The van der Waals surface area contributed by atoms with Crippen LogP contribution in [0.15, 0.2) is 30.3 Å². The third-order valence-corrected chi connectivity index (χ3v) is 6.05. The van der Waals surface area contributed by atoms with Crippen molar-refractivity contribution in [2.45, 2.75) is 36.6 Å². The Hall–Kier alpha value is -1.26. The normalized spacial score (nSPS) is 23.7. The van der Waals surface area contributed by atoms with Gasteiger partial charge in [0.05, 0.1) is 0 Å². The summed E-state index contributed by atoms with van der Waals surface area (Å²) in [6, 6.07) is 9.65. The highest BCUT2D eigenvalue weighted by molar-refractivity contribution is 6.60. The fourth-order valence-electron chi connectivity index (χ4n) is 3.38. The standard InChI is InChI=1S/C18H21Cl2NO3/c19-18(20)15(11-16(18)22)10-13-6-8-21(9-7-13)17(23)24-12-14-4-2-1-3-5-14/h1-5,13,15H,6-12H2. The van der Waals surface area contributed by atoms with E-state index < -0.39 is 4.33 Å². The number of hydrogen-bond acceptors (Lipinski definition) is 3. The van der Waals surface area contributed by atoms with Gasteiger partial charge in [-0.2, -0.15) is 0 Å². The molecule has 0 bridgehead atoms. The van der Waals surface area contributed by atoms with E-state index in [4.69, 9.17) is 27.9 Å². The van der Waals surface area contributed by atoms with Crippen molar-refractivity contribution in [2.75, 3.05) is 13.1 Å². The third-order valence-electron chi connectivity index (χ3n) is 5.01. The first-order valence-electron chi connectivity index (χ1n) is 8.33. The maximum atomic E-state index is 12.1. The minimum atomic E-state index is -1.19. The van der Waals surface area contributed by atoms with Gasteiger partial charge < -0.3 is 9.64 Å². The van der Waals surface area contributed by atoms with Crippen molar-refractivity contribution >= 4 is 35.1 Å². The van der Waals surface area contributed by atoms with Crippen molar-refractivity contribution in [3.05, 3.63) is 35.9 Å². The fourth-order valence-corrected chi connectivity index (χ4v) is 3.87. The molecule has 1 atom stereocenters. The number of piperidine rings is 1. The molecule has 0 aromatic heterocycles. The number of ether oxygens (including phenoxy) is 1. The van der Waals surface area contributed by atoms with Gasteiger partial charge in [-0.25, -0.2) is 4.79 Å². The van der Waals surface area contributed by atoms with Crippen LogP contribution in [-0.2, 0) is 16.1 Å². The van der Waals surface area contributed by atoms with E-state index in [0.29, 0.717) is 32.0 Å². The van der Waals surface area contributed by atoms with Crippen LogP contribution in [0.2, 0.25) is 0 Å². The highest BCUT2D eigenvalue weighted by Gasteiger charge is 2.52. The number of Topliss-reactive ketones (excluding diaryl/α,β-unsaturated/α-hetero) is 1. The van der Waals surface area contributed by atoms with E-state index in [1.807, 2.05) is 30.3 Å². The molecular formula is C18H21Cl2NO3. The first-order valence-corrected chi connectivity index (χ1v) is 9.09. The van der Waals surface area contributed by atoms with E-state index in [-0.39, 0.29) is 17.8 Å². The largest absolute Gasteiger partial charge is 0.445 e. The lowest BCUT2D eigenvalue weighted by Gasteiger charge is -2.41. The van der Waals surface area contributed by atoms with Gasteiger partial charge in [-0.3, -0.25) is 4.79 Å². The molecule has 1 saturated heterocycles. The molecule has 0 radical (unpaired) electrons. The monoisotopic (exact) mass is 369 g/mol. The molecule has 1 amide bonds. The summed E-state index contributed by atoms with van der Waals surface area (Å²) in [6.07, 6.45) is 2.86. The van der Waals surface area contributed by atoms with Crippen molar-refractivity contribution in [1.82, 2.24) is 4.90 Å². The summed E-state index contributed by atoms with van der Waals surface area (Å²) in [5.41, 5.74) is 0.982. The van der Waals surface area contributed by atoms with Gasteiger partial charge in [0.1, 0.15) is 6.61 Å². The molecule has 1 aromatic carbocycles. The highest BCUT2D eigenvalue weighted by Crippen LogP contribution is 2.48. The van der Waals surface area contributed by atoms with Gasteiger partial charge in [0.25, 0.3) is 0 Å². The lowest BCUT2D eigenvalue weighted by atomic mass is 9.75. The molecule has 130 valence electrons. The summed E-state index contributed by atoms with van der Waals surface area (Å²) in [7, 11) is 0. The molecule has 1 aliphatic carbocycles. The SMILES string of the molecule is O=C(OCc1ccccc1)N1CCC(CC2CC(=O)C2(Cl)Cl)CC1. The van der Waals surface area contributed by atoms with E-state index in [1.54, 1.807) is 4.90 Å². The maximum absolute atomic E-state index is 12.1. The van der Waals surface area contributed by atoms with Crippen LogP contribution in [0.25, 0.3) is 0 Å². The molecule has 2 aliphatic rings. The minimum absolute atomic E-state index is 0.0508. The molecule has 0 N–H and O–H groups in total. The predicted molar refractivity (Wildman–Crippen MR) is 93.1 cm³/mol. The lowest BCUT2D eigenvalue weighted by Crippen LogP contribution is -2.49. The van der Waals surface area contributed by atoms with E-state index >= 15 is 0 Å². The number of rotatable bonds is 4. The molecule has 3 rings (SSSR count). The summed E-state index contributed by atoms with van der Waals surface area (Å²) in [4.78, 5) is 25.3. The van der Waals surface area contributed by atoms with Gasteiger partial charge in [-0.15, -0.1) is 0 Å². The van der Waals surface area contributed by atoms with Crippen molar-refractivity contribution in [1.29, 1.82) is 0 Å². The van der Waals surface area contributed by atoms with Crippen LogP contribution in [-0.4, -0.2) is 34.2 Å². The first-order chi connectivity index (χ1) is 11.5. The molecule has 2 fully saturated rings. The Kier molecular flexibility index (Phi) is 5.36. The molecule has 1 heterocycles. The molecule has 4 nitrogen and oxygen atoms in total. The van der Waals surface area contributed by atoms with Crippen LogP contribution in [0.3, 0.4) is 0 Å². The van der Waals surface area contributed by atoms with Gasteiger partial charge in [-0.05, 0) is 30.7 Å². The second kappa shape index (κ2) is 7.32. The third kappa shape index (κ3) is 3.86. The van der Waals surface area contributed by atoms with E-state index in [9.17, 15) is 9.59 Å². The van der Waals surface area contributed by atoms with Gasteiger partial charge in [0, 0.05) is 25.4 Å². The van der Waals surface area contributed by atoms with Crippen LogP contribution < -0.4 is 0 Å². The van der Waals surface area contributed by atoms with Crippen molar-refractivity contribution < 1.29 is 14.3 Å². The topological polar surface area (TPSA) is 46.6 Å². The quantitative estimate of drug-likeness (QED) is 0.747. The number of carbonyl (C=O) groups excluding carboxylic acids is 2. The Bertz CT molecular complexity index is 598. The first kappa shape index (κ1) is 17.6. The summed E-state index contributed by atoms with van der Waals surface area (Å²) in [5.74, 6) is 0.436. The maximum Gasteiger partial charge on any atom is 0.410 e. The molecule has 1 aliphatic heterocycles. The number of carbonyl (C=O) groups is 2. The van der Waals surface area contributed by atoms with E-state index in [2.05, 4.69) is 0 Å². The smallest absolute Gasteiger partial charge is 0.410 e. The van der Waals surface area contributed by atoms with Crippen LogP contribution in [0.1, 0.15) is 31.2 Å². The molecule has 6 heteroatoms. The highest BCUT2D eigenvalue weighted by atomic mass is 35.5. The summed E-state index contributed by atoms with van der Waals surface area (Å²) < 4.78 is 4.17. The molecular weight excluding hydrogens is 349 g/mol. The molecule has 1 unspecified atom stereocenters. The number of benzene rings is 1.